The first-order valence-corrected chi connectivity index (χ1v) is 6.07. The molecule has 17 heavy (non-hydrogen) atoms. The van der Waals surface area contributed by atoms with E-state index in [-0.39, 0.29) is 18.2 Å². The van der Waals surface area contributed by atoms with Crippen molar-refractivity contribution in [3.63, 3.8) is 0 Å². The second-order valence-electron chi connectivity index (χ2n) is 4.37. The summed E-state index contributed by atoms with van der Waals surface area (Å²) in [6.45, 7) is 0. The first-order valence-electron chi connectivity index (χ1n) is 6.07. The molecule has 1 aromatic carbocycles. The molecule has 0 spiro atoms. The summed E-state index contributed by atoms with van der Waals surface area (Å²) in [7, 11) is 1.42. The van der Waals surface area contributed by atoms with Crippen molar-refractivity contribution >= 4 is 5.97 Å². The van der Waals surface area contributed by atoms with Crippen LogP contribution in [-0.2, 0) is 14.3 Å². The van der Waals surface area contributed by atoms with Gasteiger partial charge in [-0.1, -0.05) is 30.3 Å². The molecule has 2 rings (SSSR count). The van der Waals surface area contributed by atoms with Crippen molar-refractivity contribution in [3.8, 4) is 0 Å². The van der Waals surface area contributed by atoms with Gasteiger partial charge < -0.3 is 9.47 Å². The molecule has 1 fully saturated rings. The monoisotopic (exact) mass is 234 g/mol. The fourth-order valence-electron chi connectivity index (χ4n) is 2.23. The molecule has 1 aliphatic rings. The van der Waals surface area contributed by atoms with Crippen LogP contribution in [0.5, 0.6) is 0 Å². The summed E-state index contributed by atoms with van der Waals surface area (Å²) in [5.74, 6) is -0.191. The highest BCUT2D eigenvalue weighted by molar-refractivity contribution is 5.69. The lowest BCUT2D eigenvalue weighted by Gasteiger charge is -2.29. The van der Waals surface area contributed by atoms with E-state index in [2.05, 4.69) is 16.9 Å². The molecule has 0 amide bonds. The molecule has 2 atom stereocenters. The van der Waals surface area contributed by atoms with Gasteiger partial charge in [-0.25, -0.2) is 0 Å². The minimum absolute atomic E-state index is 0.00130. The van der Waals surface area contributed by atoms with Crippen LogP contribution in [0.25, 0.3) is 0 Å². The number of ether oxygens (including phenoxy) is 2. The number of hydrogen-bond donors (Lipinski definition) is 0. The van der Waals surface area contributed by atoms with Crippen molar-refractivity contribution in [2.24, 2.45) is 0 Å². The average Bonchev–Trinajstić information content (AvgIpc) is 2.40. The fourth-order valence-corrected chi connectivity index (χ4v) is 2.23. The molecule has 0 N–H and O–H groups in total. The van der Waals surface area contributed by atoms with E-state index in [1.165, 1.54) is 12.7 Å². The molecule has 1 aromatic rings. The summed E-state index contributed by atoms with van der Waals surface area (Å²) >= 11 is 0. The summed E-state index contributed by atoms with van der Waals surface area (Å²) in [5, 5.41) is 0. The summed E-state index contributed by atoms with van der Waals surface area (Å²) < 4.78 is 10.6. The van der Waals surface area contributed by atoms with Gasteiger partial charge in [-0.2, -0.15) is 0 Å². The van der Waals surface area contributed by atoms with Crippen LogP contribution in [0.3, 0.4) is 0 Å². The zero-order valence-corrected chi connectivity index (χ0v) is 10.1. The van der Waals surface area contributed by atoms with Crippen LogP contribution in [0.4, 0.5) is 0 Å². The highest BCUT2D eigenvalue weighted by Gasteiger charge is 2.25. The SMILES string of the molecule is COC(=O)CC1CCCC(c2ccccc2)O1. The van der Waals surface area contributed by atoms with E-state index in [0.717, 1.165) is 19.3 Å². The van der Waals surface area contributed by atoms with Gasteiger partial charge in [-0.3, -0.25) is 4.79 Å². The molecule has 2 unspecified atom stereocenters. The summed E-state index contributed by atoms with van der Waals surface area (Å²) in [4.78, 5) is 11.2. The number of esters is 1. The smallest absolute Gasteiger partial charge is 0.308 e. The van der Waals surface area contributed by atoms with Crippen molar-refractivity contribution in [2.45, 2.75) is 37.9 Å². The van der Waals surface area contributed by atoms with Crippen molar-refractivity contribution in [2.75, 3.05) is 7.11 Å². The Labute approximate surface area is 102 Å². The van der Waals surface area contributed by atoms with Crippen LogP contribution in [0.15, 0.2) is 30.3 Å². The van der Waals surface area contributed by atoms with Gasteiger partial charge in [-0.15, -0.1) is 0 Å². The van der Waals surface area contributed by atoms with Gasteiger partial charge >= 0.3 is 5.97 Å². The third kappa shape index (κ3) is 3.30. The fraction of sp³-hybridized carbons (Fsp3) is 0.500. The zero-order chi connectivity index (χ0) is 12.1. The van der Waals surface area contributed by atoms with Crippen LogP contribution >= 0.6 is 0 Å². The van der Waals surface area contributed by atoms with Crippen LogP contribution in [0.1, 0.15) is 37.4 Å². The van der Waals surface area contributed by atoms with Crippen molar-refractivity contribution < 1.29 is 14.3 Å². The molecule has 0 aliphatic carbocycles. The first kappa shape index (κ1) is 12.1. The third-order valence-corrected chi connectivity index (χ3v) is 3.14. The lowest BCUT2D eigenvalue weighted by Crippen LogP contribution is -2.25. The van der Waals surface area contributed by atoms with Gasteiger partial charge in [0.1, 0.15) is 0 Å². The number of carbonyl (C=O) groups excluding carboxylic acids is 1. The third-order valence-electron chi connectivity index (χ3n) is 3.14. The van der Waals surface area contributed by atoms with E-state index in [0.29, 0.717) is 6.42 Å². The Morgan fingerprint density at radius 3 is 2.82 bits per heavy atom. The van der Waals surface area contributed by atoms with Crippen LogP contribution < -0.4 is 0 Å². The van der Waals surface area contributed by atoms with Crippen molar-refractivity contribution in [1.82, 2.24) is 0 Å². The van der Waals surface area contributed by atoms with E-state index in [4.69, 9.17) is 4.74 Å². The van der Waals surface area contributed by atoms with Gasteiger partial charge in [0, 0.05) is 0 Å². The second kappa shape index (κ2) is 5.82. The Morgan fingerprint density at radius 2 is 2.12 bits per heavy atom. The molecular formula is C14H18O3. The van der Waals surface area contributed by atoms with Crippen molar-refractivity contribution in [1.29, 1.82) is 0 Å². The molecular weight excluding hydrogens is 216 g/mol. The number of benzene rings is 1. The largest absolute Gasteiger partial charge is 0.469 e. The topological polar surface area (TPSA) is 35.5 Å². The highest BCUT2D eigenvalue weighted by Crippen LogP contribution is 2.32. The Hall–Kier alpha value is -1.35. The van der Waals surface area contributed by atoms with E-state index in [9.17, 15) is 4.79 Å². The Balaban J connectivity index is 1.95. The summed E-state index contributed by atoms with van der Waals surface area (Å²) in [6.07, 6.45) is 3.56. The highest BCUT2D eigenvalue weighted by atomic mass is 16.5. The minimum atomic E-state index is -0.191. The molecule has 1 saturated heterocycles. The molecule has 0 radical (unpaired) electrons. The maximum atomic E-state index is 11.2. The maximum absolute atomic E-state index is 11.2. The lowest BCUT2D eigenvalue weighted by atomic mass is 9.97. The Morgan fingerprint density at radius 1 is 1.35 bits per heavy atom. The zero-order valence-electron chi connectivity index (χ0n) is 10.1. The second-order valence-corrected chi connectivity index (χ2v) is 4.37. The molecule has 3 heteroatoms. The quantitative estimate of drug-likeness (QED) is 0.754. The molecule has 0 bridgehead atoms. The average molecular weight is 234 g/mol. The van der Waals surface area contributed by atoms with E-state index in [1.807, 2.05) is 18.2 Å². The standard InChI is InChI=1S/C14H18O3/c1-16-14(15)10-12-8-5-9-13(17-12)11-6-3-2-4-7-11/h2-4,6-7,12-13H,5,8-10H2,1H3. The van der Waals surface area contributed by atoms with Crippen molar-refractivity contribution in [3.05, 3.63) is 35.9 Å². The number of carbonyl (C=O) groups is 1. The normalized spacial score (nSPS) is 24.3. The predicted octanol–water partition coefficient (Wildman–Crippen LogP) is 2.86. The van der Waals surface area contributed by atoms with Gasteiger partial charge in [-0.05, 0) is 24.8 Å². The van der Waals surface area contributed by atoms with Gasteiger partial charge in [0.2, 0.25) is 0 Å². The van der Waals surface area contributed by atoms with E-state index in [1.54, 1.807) is 0 Å². The molecule has 1 aliphatic heterocycles. The van der Waals surface area contributed by atoms with Crippen LogP contribution in [0, 0.1) is 0 Å². The number of rotatable bonds is 3. The molecule has 92 valence electrons. The molecule has 0 aromatic heterocycles. The van der Waals surface area contributed by atoms with E-state index < -0.39 is 0 Å². The van der Waals surface area contributed by atoms with Crippen LogP contribution in [0.2, 0.25) is 0 Å². The van der Waals surface area contributed by atoms with Gasteiger partial charge in [0.25, 0.3) is 0 Å². The number of methoxy groups -OCH3 is 1. The van der Waals surface area contributed by atoms with Gasteiger partial charge in [0.15, 0.2) is 0 Å². The summed E-state index contributed by atoms with van der Waals surface area (Å²) in [6, 6.07) is 10.2. The minimum Gasteiger partial charge on any atom is -0.469 e. The van der Waals surface area contributed by atoms with Gasteiger partial charge in [0.05, 0.1) is 25.7 Å². The molecule has 3 nitrogen and oxygen atoms in total. The Bertz CT molecular complexity index is 361. The predicted molar refractivity (Wildman–Crippen MR) is 64.5 cm³/mol. The molecule has 0 saturated carbocycles. The molecule has 1 heterocycles. The first-order chi connectivity index (χ1) is 8.29. The summed E-state index contributed by atoms with van der Waals surface area (Å²) in [5.41, 5.74) is 1.20. The Kier molecular flexibility index (Phi) is 4.15. The maximum Gasteiger partial charge on any atom is 0.308 e. The van der Waals surface area contributed by atoms with E-state index >= 15 is 0 Å². The van der Waals surface area contributed by atoms with Crippen LogP contribution in [-0.4, -0.2) is 19.2 Å². The lowest BCUT2D eigenvalue weighted by molar-refractivity contribution is -0.147. The number of hydrogen-bond acceptors (Lipinski definition) is 3.